The summed E-state index contributed by atoms with van der Waals surface area (Å²) in [6, 6.07) is 7.86. The number of para-hydroxylation sites is 1. The van der Waals surface area contributed by atoms with Crippen LogP contribution >= 0.6 is 0 Å². The van der Waals surface area contributed by atoms with Crippen LogP contribution in [-0.4, -0.2) is 19.0 Å². The molecule has 0 heterocycles. The van der Waals surface area contributed by atoms with Gasteiger partial charge in [0, 0.05) is 18.8 Å². The van der Waals surface area contributed by atoms with Gasteiger partial charge in [0.15, 0.2) is 0 Å². The predicted molar refractivity (Wildman–Crippen MR) is 65.6 cm³/mol. The second kappa shape index (κ2) is 4.56. The largest absolute Gasteiger partial charge is 0.387 e. The van der Waals surface area contributed by atoms with Crippen LogP contribution in [0.25, 0.3) is 0 Å². The fourth-order valence-electron chi connectivity index (χ4n) is 1.90. The average molecular weight is 218 g/mol. The van der Waals surface area contributed by atoms with Gasteiger partial charge >= 0.3 is 0 Å². The number of carbonyl (C=O) groups excluding carboxylic acids is 1. The van der Waals surface area contributed by atoms with Crippen LogP contribution in [0.15, 0.2) is 24.3 Å². The Morgan fingerprint density at radius 2 is 2.06 bits per heavy atom. The zero-order valence-corrected chi connectivity index (χ0v) is 9.79. The van der Waals surface area contributed by atoms with Gasteiger partial charge in [-0.1, -0.05) is 12.1 Å². The van der Waals surface area contributed by atoms with Crippen molar-refractivity contribution >= 4 is 11.6 Å². The summed E-state index contributed by atoms with van der Waals surface area (Å²) >= 11 is 0. The average Bonchev–Trinajstić information content (AvgIpc) is 3.12. The van der Waals surface area contributed by atoms with Crippen LogP contribution in [0.1, 0.15) is 30.1 Å². The lowest BCUT2D eigenvalue weighted by Gasteiger charge is -2.14. The SMILES string of the molecule is CNc1ccccc1C(=O)NC(C)C1CC1. The van der Waals surface area contributed by atoms with Crippen LogP contribution in [0.3, 0.4) is 0 Å². The molecule has 3 nitrogen and oxygen atoms in total. The third kappa shape index (κ3) is 2.35. The Hall–Kier alpha value is -1.51. The Morgan fingerprint density at radius 1 is 1.38 bits per heavy atom. The summed E-state index contributed by atoms with van der Waals surface area (Å²) in [6.07, 6.45) is 2.49. The molecule has 1 aromatic carbocycles. The lowest BCUT2D eigenvalue weighted by molar-refractivity contribution is 0.0936. The van der Waals surface area contributed by atoms with E-state index in [1.54, 1.807) is 0 Å². The molecular weight excluding hydrogens is 200 g/mol. The normalized spacial score (nSPS) is 16.6. The van der Waals surface area contributed by atoms with Crippen molar-refractivity contribution in [2.24, 2.45) is 5.92 Å². The molecule has 1 unspecified atom stereocenters. The van der Waals surface area contributed by atoms with E-state index in [2.05, 4.69) is 17.6 Å². The van der Waals surface area contributed by atoms with E-state index in [0.717, 1.165) is 11.3 Å². The van der Waals surface area contributed by atoms with E-state index < -0.39 is 0 Å². The van der Waals surface area contributed by atoms with Crippen molar-refractivity contribution in [3.8, 4) is 0 Å². The highest BCUT2D eigenvalue weighted by Crippen LogP contribution is 2.32. The van der Waals surface area contributed by atoms with E-state index in [4.69, 9.17) is 0 Å². The highest BCUT2D eigenvalue weighted by Gasteiger charge is 2.29. The Balaban J connectivity index is 2.07. The highest BCUT2D eigenvalue weighted by molar-refractivity contribution is 5.99. The van der Waals surface area contributed by atoms with Crippen molar-refractivity contribution in [1.82, 2.24) is 5.32 Å². The molecule has 0 spiro atoms. The topological polar surface area (TPSA) is 41.1 Å². The van der Waals surface area contributed by atoms with E-state index in [0.29, 0.717) is 5.92 Å². The van der Waals surface area contributed by atoms with Crippen molar-refractivity contribution in [3.63, 3.8) is 0 Å². The first kappa shape index (κ1) is 11.0. The summed E-state index contributed by atoms with van der Waals surface area (Å²) in [5, 5.41) is 6.09. The molecule has 0 aliphatic heterocycles. The molecule has 0 saturated heterocycles. The van der Waals surface area contributed by atoms with E-state index in [-0.39, 0.29) is 11.9 Å². The monoisotopic (exact) mass is 218 g/mol. The smallest absolute Gasteiger partial charge is 0.253 e. The Kier molecular flexibility index (Phi) is 3.13. The van der Waals surface area contributed by atoms with Gasteiger partial charge in [0.1, 0.15) is 0 Å². The van der Waals surface area contributed by atoms with Gasteiger partial charge in [-0.3, -0.25) is 4.79 Å². The number of amides is 1. The zero-order chi connectivity index (χ0) is 11.5. The Bertz CT molecular complexity index is 385. The fourth-order valence-corrected chi connectivity index (χ4v) is 1.90. The number of hydrogen-bond donors (Lipinski definition) is 2. The molecule has 1 amide bonds. The second-order valence-electron chi connectivity index (χ2n) is 4.40. The third-order valence-corrected chi connectivity index (χ3v) is 3.13. The Morgan fingerprint density at radius 3 is 2.69 bits per heavy atom. The van der Waals surface area contributed by atoms with Gasteiger partial charge in [-0.25, -0.2) is 0 Å². The molecule has 1 fully saturated rings. The number of benzene rings is 1. The van der Waals surface area contributed by atoms with Crippen molar-refractivity contribution in [1.29, 1.82) is 0 Å². The quantitative estimate of drug-likeness (QED) is 0.814. The van der Waals surface area contributed by atoms with E-state index in [1.807, 2.05) is 31.3 Å². The van der Waals surface area contributed by atoms with E-state index in [1.165, 1.54) is 12.8 Å². The van der Waals surface area contributed by atoms with E-state index in [9.17, 15) is 4.79 Å². The Labute approximate surface area is 96.2 Å². The van der Waals surface area contributed by atoms with Crippen LogP contribution < -0.4 is 10.6 Å². The van der Waals surface area contributed by atoms with Crippen LogP contribution in [-0.2, 0) is 0 Å². The molecular formula is C13H18N2O. The maximum absolute atomic E-state index is 12.0. The number of carbonyl (C=O) groups is 1. The van der Waals surface area contributed by atoms with Gasteiger partial charge in [0.2, 0.25) is 0 Å². The fraction of sp³-hybridized carbons (Fsp3) is 0.462. The van der Waals surface area contributed by atoms with Gasteiger partial charge in [0.05, 0.1) is 5.56 Å². The molecule has 1 aliphatic rings. The van der Waals surface area contributed by atoms with Crippen molar-refractivity contribution in [3.05, 3.63) is 29.8 Å². The summed E-state index contributed by atoms with van der Waals surface area (Å²) in [5.41, 5.74) is 1.60. The summed E-state index contributed by atoms with van der Waals surface area (Å²) in [6.45, 7) is 2.08. The summed E-state index contributed by atoms with van der Waals surface area (Å²) in [4.78, 5) is 12.0. The van der Waals surface area contributed by atoms with Gasteiger partial charge in [-0.15, -0.1) is 0 Å². The molecule has 86 valence electrons. The first-order valence-corrected chi connectivity index (χ1v) is 5.80. The predicted octanol–water partition coefficient (Wildman–Crippen LogP) is 2.26. The molecule has 0 aromatic heterocycles. The minimum Gasteiger partial charge on any atom is -0.387 e. The molecule has 2 rings (SSSR count). The van der Waals surface area contributed by atoms with Gasteiger partial charge < -0.3 is 10.6 Å². The summed E-state index contributed by atoms with van der Waals surface area (Å²) < 4.78 is 0. The van der Waals surface area contributed by atoms with Crippen molar-refractivity contribution in [2.45, 2.75) is 25.8 Å². The number of rotatable bonds is 4. The minimum absolute atomic E-state index is 0.0179. The lowest BCUT2D eigenvalue weighted by atomic mass is 10.1. The second-order valence-corrected chi connectivity index (χ2v) is 4.40. The molecule has 1 aromatic rings. The van der Waals surface area contributed by atoms with Gasteiger partial charge in [-0.2, -0.15) is 0 Å². The standard InChI is InChI=1S/C13H18N2O/c1-9(10-7-8-10)15-13(16)11-5-3-4-6-12(11)14-2/h3-6,9-10,14H,7-8H2,1-2H3,(H,15,16). The maximum Gasteiger partial charge on any atom is 0.253 e. The van der Waals surface area contributed by atoms with Crippen molar-refractivity contribution in [2.75, 3.05) is 12.4 Å². The molecule has 0 radical (unpaired) electrons. The molecule has 0 bridgehead atoms. The van der Waals surface area contributed by atoms with Gasteiger partial charge in [0.25, 0.3) is 5.91 Å². The minimum atomic E-state index is 0.0179. The first-order chi connectivity index (χ1) is 7.72. The number of hydrogen-bond acceptors (Lipinski definition) is 2. The highest BCUT2D eigenvalue weighted by atomic mass is 16.1. The first-order valence-electron chi connectivity index (χ1n) is 5.80. The maximum atomic E-state index is 12.0. The van der Waals surface area contributed by atoms with Crippen LogP contribution in [0.4, 0.5) is 5.69 Å². The van der Waals surface area contributed by atoms with Crippen LogP contribution in [0.5, 0.6) is 0 Å². The lowest BCUT2D eigenvalue weighted by Crippen LogP contribution is -2.34. The van der Waals surface area contributed by atoms with Gasteiger partial charge in [-0.05, 0) is 37.8 Å². The third-order valence-electron chi connectivity index (χ3n) is 3.13. The molecule has 1 saturated carbocycles. The molecule has 1 atom stereocenters. The number of nitrogens with one attached hydrogen (secondary N) is 2. The number of anilines is 1. The van der Waals surface area contributed by atoms with Crippen LogP contribution in [0, 0.1) is 5.92 Å². The molecule has 2 N–H and O–H groups in total. The van der Waals surface area contributed by atoms with Crippen LogP contribution in [0.2, 0.25) is 0 Å². The molecule has 16 heavy (non-hydrogen) atoms. The summed E-state index contributed by atoms with van der Waals surface area (Å²) in [7, 11) is 1.83. The van der Waals surface area contributed by atoms with Crippen molar-refractivity contribution < 1.29 is 4.79 Å². The summed E-state index contributed by atoms with van der Waals surface area (Å²) in [5.74, 6) is 0.704. The molecule has 3 heteroatoms. The van der Waals surface area contributed by atoms with E-state index >= 15 is 0 Å². The molecule has 1 aliphatic carbocycles. The zero-order valence-electron chi connectivity index (χ0n) is 9.79.